The number of amides is 1. The molecule has 4 heterocycles. The van der Waals surface area contributed by atoms with Gasteiger partial charge in [0.25, 0.3) is 0 Å². The fourth-order valence-corrected chi connectivity index (χ4v) is 3.50. The zero-order chi connectivity index (χ0) is 17.1. The Labute approximate surface area is 147 Å². The van der Waals surface area contributed by atoms with Crippen LogP contribution in [0.15, 0.2) is 36.8 Å². The first-order chi connectivity index (χ1) is 12.3. The van der Waals surface area contributed by atoms with Crippen LogP contribution in [0.3, 0.4) is 0 Å². The lowest BCUT2D eigenvalue weighted by Crippen LogP contribution is -2.33. The molecule has 0 spiro atoms. The molecule has 2 aromatic rings. The minimum Gasteiger partial charge on any atom is -0.485 e. The molecule has 0 aliphatic carbocycles. The van der Waals surface area contributed by atoms with Gasteiger partial charge in [-0.3, -0.25) is 9.48 Å². The molecule has 0 unspecified atom stereocenters. The Morgan fingerprint density at radius 3 is 2.88 bits per heavy atom. The standard InChI is InChI=1S/C18H23N5O2/c24-17(14-23-11-4-8-20-23)22-12-6-15(13-22)25-16-5-3-7-19-18(16)21-9-1-2-10-21/h3-5,7-8,11,15H,1-2,6,9-10,12-14H2/t15-/m1/s1. The Hall–Kier alpha value is -2.57. The van der Waals surface area contributed by atoms with Gasteiger partial charge >= 0.3 is 0 Å². The van der Waals surface area contributed by atoms with E-state index in [4.69, 9.17) is 4.74 Å². The summed E-state index contributed by atoms with van der Waals surface area (Å²) in [6.07, 6.45) is 8.58. The predicted molar refractivity (Wildman–Crippen MR) is 93.5 cm³/mol. The molecular formula is C18H23N5O2. The highest BCUT2D eigenvalue weighted by atomic mass is 16.5. The zero-order valence-electron chi connectivity index (χ0n) is 14.3. The summed E-state index contributed by atoms with van der Waals surface area (Å²) >= 11 is 0. The summed E-state index contributed by atoms with van der Waals surface area (Å²) in [6, 6.07) is 5.71. The third-order valence-electron chi connectivity index (χ3n) is 4.80. The van der Waals surface area contributed by atoms with Crippen LogP contribution in [0, 0.1) is 0 Å². The smallest absolute Gasteiger partial charge is 0.244 e. The van der Waals surface area contributed by atoms with Gasteiger partial charge in [0.1, 0.15) is 12.6 Å². The molecular weight excluding hydrogens is 318 g/mol. The second-order valence-corrected chi connectivity index (χ2v) is 6.59. The quantitative estimate of drug-likeness (QED) is 0.826. The van der Waals surface area contributed by atoms with Gasteiger partial charge in [0, 0.05) is 44.6 Å². The summed E-state index contributed by atoms with van der Waals surface area (Å²) in [5.41, 5.74) is 0. The SMILES string of the molecule is O=C(Cn1cccn1)N1CC[C@@H](Oc2cccnc2N2CCCC2)C1. The molecule has 2 aromatic heterocycles. The Morgan fingerprint density at radius 2 is 2.08 bits per heavy atom. The largest absolute Gasteiger partial charge is 0.485 e. The maximum absolute atomic E-state index is 12.4. The highest BCUT2D eigenvalue weighted by Gasteiger charge is 2.29. The Morgan fingerprint density at radius 1 is 1.20 bits per heavy atom. The van der Waals surface area contributed by atoms with Crippen molar-refractivity contribution in [2.24, 2.45) is 0 Å². The van der Waals surface area contributed by atoms with Crippen molar-refractivity contribution in [1.82, 2.24) is 19.7 Å². The summed E-state index contributed by atoms with van der Waals surface area (Å²) in [4.78, 5) is 21.0. The fraction of sp³-hybridized carbons (Fsp3) is 0.500. The number of hydrogen-bond acceptors (Lipinski definition) is 5. The Balaban J connectivity index is 1.37. The van der Waals surface area contributed by atoms with Crippen molar-refractivity contribution in [1.29, 1.82) is 0 Å². The lowest BCUT2D eigenvalue weighted by atomic mass is 10.3. The summed E-state index contributed by atoms with van der Waals surface area (Å²) in [7, 11) is 0. The van der Waals surface area contributed by atoms with Crippen molar-refractivity contribution >= 4 is 11.7 Å². The van der Waals surface area contributed by atoms with Gasteiger partial charge in [-0.1, -0.05) is 0 Å². The topological polar surface area (TPSA) is 63.5 Å². The van der Waals surface area contributed by atoms with E-state index in [9.17, 15) is 4.79 Å². The van der Waals surface area contributed by atoms with E-state index in [1.165, 1.54) is 12.8 Å². The van der Waals surface area contributed by atoms with E-state index in [0.29, 0.717) is 6.54 Å². The summed E-state index contributed by atoms with van der Waals surface area (Å²) in [5.74, 6) is 1.85. The van der Waals surface area contributed by atoms with E-state index < -0.39 is 0 Å². The van der Waals surface area contributed by atoms with Crippen LogP contribution in [0.2, 0.25) is 0 Å². The van der Waals surface area contributed by atoms with Crippen molar-refractivity contribution in [2.45, 2.75) is 31.9 Å². The van der Waals surface area contributed by atoms with E-state index >= 15 is 0 Å². The third-order valence-corrected chi connectivity index (χ3v) is 4.80. The van der Waals surface area contributed by atoms with Gasteiger partial charge in [-0.25, -0.2) is 4.98 Å². The maximum Gasteiger partial charge on any atom is 0.244 e. The molecule has 7 heteroatoms. The van der Waals surface area contributed by atoms with Gasteiger partial charge in [0.15, 0.2) is 11.6 Å². The molecule has 2 fully saturated rings. The molecule has 1 atom stereocenters. The van der Waals surface area contributed by atoms with Gasteiger partial charge in [-0.2, -0.15) is 5.10 Å². The number of carbonyl (C=O) groups excluding carboxylic acids is 1. The zero-order valence-corrected chi connectivity index (χ0v) is 14.3. The highest BCUT2D eigenvalue weighted by Crippen LogP contribution is 2.30. The summed E-state index contributed by atoms with van der Waals surface area (Å²) < 4.78 is 7.87. The molecule has 2 saturated heterocycles. The maximum atomic E-state index is 12.4. The highest BCUT2D eigenvalue weighted by molar-refractivity contribution is 5.76. The minimum absolute atomic E-state index is 0.0205. The van der Waals surface area contributed by atoms with E-state index in [1.807, 2.05) is 29.3 Å². The minimum atomic E-state index is 0.0205. The van der Waals surface area contributed by atoms with Crippen LogP contribution < -0.4 is 9.64 Å². The van der Waals surface area contributed by atoms with E-state index in [1.54, 1.807) is 17.1 Å². The van der Waals surface area contributed by atoms with Gasteiger partial charge in [-0.05, 0) is 31.0 Å². The monoisotopic (exact) mass is 341 g/mol. The molecule has 132 valence electrons. The average Bonchev–Trinajstić information content (AvgIpc) is 3.38. The molecule has 25 heavy (non-hydrogen) atoms. The van der Waals surface area contributed by atoms with Crippen molar-refractivity contribution < 1.29 is 9.53 Å². The van der Waals surface area contributed by atoms with Crippen LogP contribution in [0.1, 0.15) is 19.3 Å². The van der Waals surface area contributed by atoms with Crippen LogP contribution in [0.5, 0.6) is 5.75 Å². The first-order valence-electron chi connectivity index (χ1n) is 8.91. The molecule has 1 amide bonds. The number of carbonyl (C=O) groups is 1. The number of anilines is 1. The molecule has 0 aromatic carbocycles. The van der Waals surface area contributed by atoms with Crippen LogP contribution in [0.25, 0.3) is 0 Å². The molecule has 0 N–H and O–H groups in total. The molecule has 0 bridgehead atoms. The Kier molecular flexibility index (Phi) is 4.54. The van der Waals surface area contributed by atoms with Gasteiger partial charge in [-0.15, -0.1) is 0 Å². The third kappa shape index (κ3) is 3.60. The van der Waals surface area contributed by atoms with Crippen molar-refractivity contribution in [3.63, 3.8) is 0 Å². The van der Waals surface area contributed by atoms with Crippen LogP contribution in [-0.4, -0.2) is 57.9 Å². The van der Waals surface area contributed by atoms with Crippen LogP contribution in [0.4, 0.5) is 5.82 Å². The predicted octanol–water partition coefficient (Wildman–Crippen LogP) is 1.56. The number of hydrogen-bond donors (Lipinski definition) is 0. The summed E-state index contributed by atoms with van der Waals surface area (Å²) in [5, 5.41) is 4.09. The number of rotatable bonds is 5. The van der Waals surface area contributed by atoms with Crippen molar-refractivity contribution in [2.75, 3.05) is 31.1 Å². The van der Waals surface area contributed by atoms with Crippen molar-refractivity contribution in [3.8, 4) is 5.75 Å². The summed E-state index contributed by atoms with van der Waals surface area (Å²) in [6.45, 7) is 3.70. The first kappa shape index (κ1) is 15.9. The van der Waals surface area contributed by atoms with Crippen LogP contribution in [-0.2, 0) is 11.3 Å². The van der Waals surface area contributed by atoms with E-state index in [-0.39, 0.29) is 18.6 Å². The fourth-order valence-electron chi connectivity index (χ4n) is 3.50. The molecule has 2 aliphatic heterocycles. The first-order valence-corrected chi connectivity index (χ1v) is 8.91. The average molecular weight is 341 g/mol. The van der Waals surface area contributed by atoms with Gasteiger partial charge < -0.3 is 14.5 Å². The van der Waals surface area contributed by atoms with E-state index in [0.717, 1.165) is 37.6 Å². The van der Waals surface area contributed by atoms with Crippen molar-refractivity contribution in [3.05, 3.63) is 36.8 Å². The number of aromatic nitrogens is 3. The number of ether oxygens (including phenoxy) is 1. The molecule has 0 radical (unpaired) electrons. The lowest BCUT2D eigenvalue weighted by molar-refractivity contribution is -0.131. The van der Waals surface area contributed by atoms with Crippen LogP contribution >= 0.6 is 0 Å². The second kappa shape index (κ2) is 7.13. The molecule has 7 nitrogen and oxygen atoms in total. The Bertz CT molecular complexity index is 712. The molecule has 0 saturated carbocycles. The number of pyridine rings is 1. The normalized spacial score (nSPS) is 20.2. The van der Waals surface area contributed by atoms with E-state index in [2.05, 4.69) is 15.0 Å². The van der Waals surface area contributed by atoms with Gasteiger partial charge in [0.2, 0.25) is 5.91 Å². The molecule has 2 aliphatic rings. The molecule has 4 rings (SSSR count). The number of likely N-dealkylation sites (tertiary alicyclic amines) is 1. The number of nitrogens with zero attached hydrogens (tertiary/aromatic N) is 5. The second-order valence-electron chi connectivity index (χ2n) is 6.59. The lowest BCUT2D eigenvalue weighted by Gasteiger charge is -2.22. The van der Waals surface area contributed by atoms with Gasteiger partial charge in [0.05, 0.1) is 6.54 Å².